The number of nitrogens with one attached hydrogen (secondary N) is 1. The largest absolute Gasteiger partial charge is 0.493 e. The molecule has 1 N–H and O–H groups in total. The summed E-state index contributed by atoms with van der Waals surface area (Å²) in [4.78, 5) is 29.3. The van der Waals surface area contributed by atoms with Crippen molar-refractivity contribution in [3.05, 3.63) is 72.4 Å². The normalized spacial score (nSPS) is 15.6. The molecule has 1 saturated heterocycles. The molecule has 7 nitrogen and oxygen atoms in total. The molecule has 2 aromatic carbocycles. The van der Waals surface area contributed by atoms with Crippen LogP contribution in [-0.4, -0.2) is 65.1 Å². The molecule has 4 rings (SSSR count). The number of aryl methyl sites for hydroxylation is 1. The van der Waals surface area contributed by atoms with Gasteiger partial charge in [0.1, 0.15) is 5.75 Å². The maximum Gasteiger partial charge on any atom is 0.227 e. The first-order valence-electron chi connectivity index (χ1n) is 12.4. The molecule has 2 amide bonds. The molecule has 2 heterocycles. The monoisotopic (exact) mass is 474 g/mol. The summed E-state index contributed by atoms with van der Waals surface area (Å²) in [5, 5.41) is 7.51. The van der Waals surface area contributed by atoms with E-state index in [0.717, 1.165) is 48.4 Å². The Morgan fingerprint density at radius 3 is 2.63 bits per heavy atom. The number of aromatic amines is 1. The number of ether oxygens (including phenoxy) is 1. The van der Waals surface area contributed by atoms with Crippen LogP contribution in [0.2, 0.25) is 0 Å². The average Bonchev–Trinajstić information content (AvgIpc) is 3.38. The molecule has 1 aliphatic rings. The fraction of sp³-hybridized carbons (Fsp3) is 0.393. The Kier molecular flexibility index (Phi) is 8.54. The van der Waals surface area contributed by atoms with E-state index in [4.69, 9.17) is 4.74 Å². The predicted molar refractivity (Wildman–Crippen MR) is 136 cm³/mol. The minimum atomic E-state index is -0.135. The molecule has 184 valence electrons. The zero-order valence-corrected chi connectivity index (χ0v) is 20.4. The average molecular weight is 475 g/mol. The van der Waals surface area contributed by atoms with Gasteiger partial charge in [0.15, 0.2) is 0 Å². The number of hydrogen-bond donors (Lipinski definition) is 1. The number of carbonyl (C=O) groups is 2. The topological polar surface area (TPSA) is 78.5 Å². The highest BCUT2D eigenvalue weighted by atomic mass is 16.5. The fourth-order valence-electron chi connectivity index (χ4n) is 4.51. The maximum absolute atomic E-state index is 13.0. The molecule has 1 unspecified atom stereocenters. The third-order valence-corrected chi connectivity index (χ3v) is 6.47. The van der Waals surface area contributed by atoms with Crippen LogP contribution in [0.5, 0.6) is 5.75 Å². The van der Waals surface area contributed by atoms with Crippen LogP contribution in [0.3, 0.4) is 0 Å². The second kappa shape index (κ2) is 12.2. The second-order valence-corrected chi connectivity index (χ2v) is 9.10. The van der Waals surface area contributed by atoms with Crippen molar-refractivity contribution >= 4 is 11.8 Å². The third kappa shape index (κ3) is 6.94. The molecule has 1 fully saturated rings. The maximum atomic E-state index is 13.0. The number of likely N-dealkylation sites (tertiary alicyclic amines) is 1. The van der Waals surface area contributed by atoms with Gasteiger partial charge in [-0.25, -0.2) is 0 Å². The number of aromatic nitrogens is 2. The van der Waals surface area contributed by atoms with Gasteiger partial charge in [0, 0.05) is 37.9 Å². The van der Waals surface area contributed by atoms with E-state index in [1.807, 2.05) is 77.5 Å². The summed E-state index contributed by atoms with van der Waals surface area (Å²) in [6, 6.07) is 21.7. The van der Waals surface area contributed by atoms with Gasteiger partial charge < -0.3 is 14.5 Å². The summed E-state index contributed by atoms with van der Waals surface area (Å²) >= 11 is 0. The second-order valence-electron chi connectivity index (χ2n) is 9.10. The van der Waals surface area contributed by atoms with Crippen LogP contribution in [0.15, 0.2) is 66.7 Å². The lowest BCUT2D eigenvalue weighted by Gasteiger charge is -2.34. The van der Waals surface area contributed by atoms with E-state index < -0.39 is 0 Å². The van der Waals surface area contributed by atoms with Gasteiger partial charge in [-0.2, -0.15) is 5.10 Å². The van der Waals surface area contributed by atoms with E-state index >= 15 is 0 Å². The first kappa shape index (κ1) is 24.5. The Morgan fingerprint density at radius 2 is 1.86 bits per heavy atom. The van der Waals surface area contributed by atoms with Crippen molar-refractivity contribution in [3.8, 4) is 17.0 Å². The van der Waals surface area contributed by atoms with E-state index in [-0.39, 0.29) is 17.7 Å². The van der Waals surface area contributed by atoms with E-state index in [0.29, 0.717) is 32.7 Å². The van der Waals surface area contributed by atoms with Crippen LogP contribution in [0.1, 0.15) is 31.4 Å². The number of amides is 2. The number of hydrogen-bond acceptors (Lipinski definition) is 4. The molecule has 1 aromatic heterocycles. The zero-order chi connectivity index (χ0) is 24.5. The van der Waals surface area contributed by atoms with Crippen LogP contribution >= 0.6 is 0 Å². The SMILES string of the molecule is CN(CCCc1cc(-c2ccccc2)n[nH]1)C(=O)C1CCCN(C(=O)CCOc2ccccc2)C1. The number of carbonyl (C=O) groups excluding carboxylic acids is 2. The molecule has 1 atom stereocenters. The summed E-state index contributed by atoms with van der Waals surface area (Å²) in [5.74, 6) is 0.803. The Labute approximate surface area is 207 Å². The van der Waals surface area contributed by atoms with Gasteiger partial charge in [0.05, 0.1) is 24.6 Å². The molecule has 35 heavy (non-hydrogen) atoms. The number of benzene rings is 2. The lowest BCUT2D eigenvalue weighted by Crippen LogP contribution is -2.46. The van der Waals surface area contributed by atoms with Crippen molar-refractivity contribution in [1.29, 1.82) is 0 Å². The van der Waals surface area contributed by atoms with Gasteiger partial charge in [-0.3, -0.25) is 14.7 Å². The number of piperidine rings is 1. The van der Waals surface area contributed by atoms with Gasteiger partial charge in [-0.05, 0) is 43.9 Å². The first-order valence-corrected chi connectivity index (χ1v) is 12.4. The fourth-order valence-corrected chi connectivity index (χ4v) is 4.51. The van der Waals surface area contributed by atoms with E-state index in [2.05, 4.69) is 16.3 Å². The van der Waals surface area contributed by atoms with Crippen LogP contribution < -0.4 is 4.74 Å². The molecule has 0 radical (unpaired) electrons. The molecule has 0 bridgehead atoms. The van der Waals surface area contributed by atoms with Crippen molar-refractivity contribution in [2.45, 2.75) is 32.1 Å². The van der Waals surface area contributed by atoms with Crippen molar-refractivity contribution < 1.29 is 14.3 Å². The van der Waals surface area contributed by atoms with Crippen LogP contribution in [-0.2, 0) is 16.0 Å². The minimum absolute atomic E-state index is 0.0505. The standard InChI is InChI=1S/C28H34N4O3/c1-31(17-9-13-24-20-26(30-29-24)22-10-4-2-5-11-22)28(34)23-12-8-18-32(21-23)27(33)16-19-35-25-14-6-3-7-15-25/h2-7,10-11,14-15,20,23H,8-9,12-13,16-19,21H2,1H3,(H,29,30). The van der Waals surface area contributed by atoms with Crippen molar-refractivity contribution in [2.24, 2.45) is 5.92 Å². The molecule has 1 aliphatic heterocycles. The van der Waals surface area contributed by atoms with Gasteiger partial charge in [-0.1, -0.05) is 48.5 Å². The molecule has 0 saturated carbocycles. The number of nitrogens with zero attached hydrogens (tertiary/aromatic N) is 3. The van der Waals surface area contributed by atoms with Gasteiger partial charge in [0.25, 0.3) is 0 Å². The Morgan fingerprint density at radius 1 is 1.11 bits per heavy atom. The van der Waals surface area contributed by atoms with Gasteiger partial charge in [0.2, 0.25) is 11.8 Å². The minimum Gasteiger partial charge on any atom is -0.493 e. The highest BCUT2D eigenvalue weighted by Crippen LogP contribution is 2.21. The molecule has 0 spiro atoms. The highest BCUT2D eigenvalue weighted by Gasteiger charge is 2.30. The molecule has 3 aromatic rings. The van der Waals surface area contributed by atoms with Crippen molar-refractivity contribution in [3.63, 3.8) is 0 Å². The summed E-state index contributed by atoms with van der Waals surface area (Å²) in [5.41, 5.74) is 3.09. The summed E-state index contributed by atoms with van der Waals surface area (Å²) in [6.07, 6.45) is 3.68. The molecule has 0 aliphatic carbocycles. The smallest absolute Gasteiger partial charge is 0.227 e. The predicted octanol–water partition coefficient (Wildman–Crippen LogP) is 4.18. The Hall–Kier alpha value is -3.61. The van der Waals surface area contributed by atoms with Crippen molar-refractivity contribution in [2.75, 3.05) is 33.3 Å². The first-order chi connectivity index (χ1) is 17.1. The molecule has 7 heteroatoms. The lowest BCUT2D eigenvalue weighted by atomic mass is 9.96. The van der Waals surface area contributed by atoms with Crippen molar-refractivity contribution in [1.82, 2.24) is 20.0 Å². The summed E-state index contributed by atoms with van der Waals surface area (Å²) in [6.45, 7) is 2.22. The van der Waals surface area contributed by atoms with E-state index in [1.165, 1.54) is 0 Å². The Bertz CT molecular complexity index is 1080. The number of H-pyrrole nitrogens is 1. The van der Waals surface area contributed by atoms with Crippen LogP contribution in [0, 0.1) is 5.92 Å². The quantitative estimate of drug-likeness (QED) is 0.478. The zero-order valence-electron chi connectivity index (χ0n) is 20.4. The third-order valence-electron chi connectivity index (χ3n) is 6.47. The Balaban J connectivity index is 1.19. The van der Waals surface area contributed by atoms with E-state index in [9.17, 15) is 9.59 Å². The highest BCUT2D eigenvalue weighted by molar-refractivity contribution is 5.81. The number of para-hydroxylation sites is 1. The summed E-state index contributed by atoms with van der Waals surface area (Å²) < 4.78 is 5.66. The molecular weight excluding hydrogens is 440 g/mol. The van der Waals surface area contributed by atoms with Crippen LogP contribution in [0.25, 0.3) is 11.3 Å². The summed E-state index contributed by atoms with van der Waals surface area (Å²) in [7, 11) is 1.86. The van der Waals surface area contributed by atoms with Crippen LogP contribution in [0.4, 0.5) is 0 Å². The number of rotatable bonds is 10. The van der Waals surface area contributed by atoms with E-state index in [1.54, 1.807) is 0 Å². The van der Waals surface area contributed by atoms with Gasteiger partial charge >= 0.3 is 0 Å². The molecular formula is C28H34N4O3. The van der Waals surface area contributed by atoms with Gasteiger partial charge in [-0.15, -0.1) is 0 Å². The lowest BCUT2D eigenvalue weighted by molar-refractivity contribution is -0.140.